The van der Waals surface area contributed by atoms with E-state index in [-0.39, 0.29) is 42.0 Å². The van der Waals surface area contributed by atoms with Gasteiger partial charge in [-0.1, -0.05) is 19.9 Å². The van der Waals surface area contributed by atoms with Crippen molar-refractivity contribution in [3.8, 4) is 5.75 Å². The molecule has 1 saturated heterocycles. The predicted molar refractivity (Wildman–Crippen MR) is 110 cm³/mol. The van der Waals surface area contributed by atoms with E-state index in [2.05, 4.69) is 11.9 Å². The van der Waals surface area contributed by atoms with Crippen molar-refractivity contribution in [2.45, 2.75) is 39.2 Å². The van der Waals surface area contributed by atoms with E-state index in [1.807, 2.05) is 13.8 Å². The highest BCUT2D eigenvalue weighted by molar-refractivity contribution is 5.94. The van der Waals surface area contributed by atoms with Crippen LogP contribution in [-0.2, 0) is 25.5 Å². The number of halogens is 1. The molecule has 1 aliphatic heterocycles. The molecular weight excluding hydrogens is 389 g/mol. The minimum atomic E-state index is -0.809. The van der Waals surface area contributed by atoms with Crippen LogP contribution in [0, 0.1) is 23.6 Å². The molecule has 1 heterocycles. The SMILES string of the molecule is C=CC(C)[C@H]1C[C@]2(C(C)Cc3cc(NC(C)=O)c(OC)cc3F)OCOC2=CC1=O. The summed E-state index contributed by atoms with van der Waals surface area (Å²) in [7, 11) is 1.42. The van der Waals surface area contributed by atoms with Gasteiger partial charge in [0.05, 0.1) is 12.8 Å². The lowest BCUT2D eigenvalue weighted by Gasteiger charge is -2.39. The Labute approximate surface area is 176 Å². The number of carbonyl (C=O) groups excluding carboxylic acids is 2. The summed E-state index contributed by atoms with van der Waals surface area (Å²) < 4.78 is 31.6. The van der Waals surface area contributed by atoms with Crippen LogP contribution in [0.25, 0.3) is 0 Å². The number of carbonyl (C=O) groups is 2. The van der Waals surface area contributed by atoms with E-state index in [1.165, 1.54) is 26.2 Å². The van der Waals surface area contributed by atoms with Crippen molar-refractivity contribution in [1.29, 1.82) is 0 Å². The molecule has 1 aliphatic carbocycles. The molecule has 1 N–H and O–H groups in total. The Kier molecular flexibility index (Phi) is 6.31. The number of methoxy groups -OCH3 is 1. The highest BCUT2D eigenvalue weighted by Gasteiger charge is 2.52. The number of benzene rings is 1. The Bertz CT molecular complexity index is 896. The van der Waals surface area contributed by atoms with Gasteiger partial charge in [0.1, 0.15) is 22.9 Å². The molecule has 7 heteroatoms. The molecule has 1 amide bonds. The van der Waals surface area contributed by atoms with Gasteiger partial charge < -0.3 is 19.5 Å². The van der Waals surface area contributed by atoms with Gasteiger partial charge in [-0.3, -0.25) is 9.59 Å². The second-order valence-electron chi connectivity index (χ2n) is 8.04. The number of amides is 1. The van der Waals surface area contributed by atoms with Gasteiger partial charge in [0.25, 0.3) is 0 Å². The van der Waals surface area contributed by atoms with Crippen molar-refractivity contribution in [2.24, 2.45) is 17.8 Å². The lowest BCUT2D eigenvalue weighted by atomic mass is 9.69. The number of ether oxygens (including phenoxy) is 3. The molecule has 162 valence electrons. The topological polar surface area (TPSA) is 73.9 Å². The maximum absolute atomic E-state index is 14.8. The average Bonchev–Trinajstić information content (AvgIpc) is 3.12. The minimum absolute atomic E-state index is 0.00528. The summed E-state index contributed by atoms with van der Waals surface area (Å²) in [4.78, 5) is 24.1. The van der Waals surface area contributed by atoms with Crippen molar-refractivity contribution in [3.05, 3.63) is 48.0 Å². The molecule has 1 aromatic carbocycles. The highest BCUT2D eigenvalue weighted by atomic mass is 19.1. The van der Waals surface area contributed by atoms with Gasteiger partial charge in [-0.15, -0.1) is 6.58 Å². The Morgan fingerprint density at radius 1 is 1.47 bits per heavy atom. The third-order valence-electron chi connectivity index (χ3n) is 6.12. The molecule has 1 fully saturated rings. The fourth-order valence-electron chi connectivity index (χ4n) is 4.28. The van der Waals surface area contributed by atoms with Crippen LogP contribution in [0.5, 0.6) is 5.75 Å². The van der Waals surface area contributed by atoms with E-state index >= 15 is 0 Å². The molecule has 2 aliphatic rings. The lowest BCUT2D eigenvalue weighted by Crippen LogP contribution is -2.46. The molecule has 0 saturated carbocycles. The van der Waals surface area contributed by atoms with Crippen molar-refractivity contribution in [2.75, 3.05) is 19.2 Å². The molecule has 6 nitrogen and oxygen atoms in total. The summed E-state index contributed by atoms with van der Waals surface area (Å²) in [6.45, 7) is 9.15. The molecule has 0 spiro atoms. The Morgan fingerprint density at radius 2 is 2.20 bits per heavy atom. The van der Waals surface area contributed by atoms with E-state index in [4.69, 9.17) is 14.2 Å². The number of anilines is 1. The molecule has 3 rings (SSSR count). The Balaban J connectivity index is 1.93. The number of ketones is 1. The number of nitrogens with one attached hydrogen (secondary N) is 1. The number of hydrogen-bond acceptors (Lipinski definition) is 5. The van der Waals surface area contributed by atoms with Gasteiger partial charge in [0.15, 0.2) is 12.6 Å². The molecule has 1 aromatic rings. The first-order valence-corrected chi connectivity index (χ1v) is 10.0. The van der Waals surface area contributed by atoms with Crippen LogP contribution in [0.1, 0.15) is 32.8 Å². The summed E-state index contributed by atoms with van der Waals surface area (Å²) in [5, 5.41) is 2.67. The molecule has 2 unspecified atom stereocenters. The molecular formula is C23H28FNO5. The van der Waals surface area contributed by atoms with Crippen molar-refractivity contribution in [1.82, 2.24) is 0 Å². The molecule has 4 atom stereocenters. The maximum Gasteiger partial charge on any atom is 0.221 e. The summed E-state index contributed by atoms with van der Waals surface area (Å²) in [5.41, 5.74) is 0.0139. The highest BCUT2D eigenvalue weighted by Crippen LogP contribution is 2.47. The monoisotopic (exact) mass is 417 g/mol. The van der Waals surface area contributed by atoms with Gasteiger partial charge in [-0.2, -0.15) is 0 Å². The summed E-state index contributed by atoms with van der Waals surface area (Å²) in [6.07, 6.45) is 4.05. The van der Waals surface area contributed by atoms with E-state index in [9.17, 15) is 14.0 Å². The Hall–Kier alpha value is -2.67. The molecule has 0 aromatic heterocycles. The molecule has 0 radical (unpaired) electrons. The van der Waals surface area contributed by atoms with Crippen molar-refractivity contribution >= 4 is 17.4 Å². The molecule has 0 bridgehead atoms. The number of allylic oxidation sites excluding steroid dienone is 2. The fourth-order valence-corrected chi connectivity index (χ4v) is 4.28. The second-order valence-corrected chi connectivity index (χ2v) is 8.04. The van der Waals surface area contributed by atoms with E-state index in [0.717, 1.165) is 0 Å². The van der Waals surface area contributed by atoms with Gasteiger partial charge in [0, 0.05) is 25.0 Å². The summed E-state index contributed by atoms with van der Waals surface area (Å²) in [5.74, 6) is -0.441. The first-order chi connectivity index (χ1) is 14.2. The van der Waals surface area contributed by atoms with Gasteiger partial charge in [0.2, 0.25) is 5.91 Å². The van der Waals surface area contributed by atoms with Crippen LogP contribution in [-0.4, -0.2) is 31.2 Å². The zero-order valence-corrected chi connectivity index (χ0v) is 17.8. The van der Waals surface area contributed by atoms with Crippen molar-refractivity contribution in [3.63, 3.8) is 0 Å². The third-order valence-corrected chi connectivity index (χ3v) is 6.12. The van der Waals surface area contributed by atoms with Gasteiger partial charge in [-0.25, -0.2) is 4.39 Å². The quantitative estimate of drug-likeness (QED) is 0.679. The van der Waals surface area contributed by atoms with Crippen LogP contribution in [0.3, 0.4) is 0 Å². The lowest BCUT2D eigenvalue weighted by molar-refractivity contribution is -0.124. The van der Waals surface area contributed by atoms with Gasteiger partial charge in [-0.05, 0) is 36.3 Å². The number of fused-ring (bicyclic) bond motifs is 1. The Morgan fingerprint density at radius 3 is 2.83 bits per heavy atom. The second kappa shape index (κ2) is 8.60. The largest absolute Gasteiger partial charge is 0.494 e. The first kappa shape index (κ1) is 22.0. The van der Waals surface area contributed by atoms with Crippen LogP contribution < -0.4 is 10.1 Å². The third kappa shape index (κ3) is 3.99. The van der Waals surface area contributed by atoms with E-state index in [0.29, 0.717) is 29.9 Å². The van der Waals surface area contributed by atoms with Crippen molar-refractivity contribution < 1.29 is 28.2 Å². The van der Waals surface area contributed by atoms with Crippen LogP contribution in [0.2, 0.25) is 0 Å². The van der Waals surface area contributed by atoms with Crippen LogP contribution in [0.15, 0.2) is 36.6 Å². The first-order valence-electron chi connectivity index (χ1n) is 10.0. The minimum Gasteiger partial charge on any atom is -0.494 e. The summed E-state index contributed by atoms with van der Waals surface area (Å²) in [6, 6.07) is 2.85. The van der Waals surface area contributed by atoms with Gasteiger partial charge >= 0.3 is 0 Å². The predicted octanol–water partition coefficient (Wildman–Crippen LogP) is 4.01. The smallest absolute Gasteiger partial charge is 0.221 e. The zero-order valence-electron chi connectivity index (χ0n) is 17.8. The van der Waals surface area contributed by atoms with E-state index in [1.54, 1.807) is 12.1 Å². The molecule has 30 heavy (non-hydrogen) atoms. The maximum atomic E-state index is 14.8. The summed E-state index contributed by atoms with van der Waals surface area (Å²) >= 11 is 0. The van der Waals surface area contributed by atoms with E-state index < -0.39 is 11.4 Å². The normalized spacial score (nSPS) is 24.9. The average molecular weight is 417 g/mol. The van der Waals surface area contributed by atoms with Crippen LogP contribution in [0.4, 0.5) is 10.1 Å². The standard InChI is InChI=1S/C23H28FNO5/c1-6-13(2)17-11-23(22(10-20(17)27)29-12-30-23)14(3)7-16-8-19(25-15(4)26)21(28-5)9-18(16)24/h6,8-10,13-14,17H,1,7,11-12H2,2-5H3,(H,25,26)/t13?,14?,17-,23-/m1/s1. The number of hydrogen-bond donors (Lipinski definition) is 1. The number of rotatable bonds is 7. The zero-order chi connectivity index (χ0) is 22.1. The van der Waals surface area contributed by atoms with Crippen LogP contribution >= 0.6 is 0 Å². The fraction of sp³-hybridized carbons (Fsp3) is 0.478.